The van der Waals surface area contributed by atoms with E-state index in [-0.39, 0.29) is 17.6 Å². The minimum absolute atomic E-state index is 0.332. The second-order valence-electron chi connectivity index (χ2n) is 4.06. The number of nitrogens with zero attached hydrogens (tertiary/aromatic N) is 1. The van der Waals surface area contributed by atoms with Gasteiger partial charge in [0, 0.05) is 12.2 Å². The van der Waals surface area contributed by atoms with E-state index in [1.807, 2.05) is 0 Å². The number of halogens is 1. The molecule has 0 fully saturated rings. The van der Waals surface area contributed by atoms with Crippen LogP contribution in [0, 0.1) is 12.7 Å². The molecule has 0 aromatic heterocycles. The first-order valence-corrected chi connectivity index (χ1v) is 5.32. The van der Waals surface area contributed by atoms with Gasteiger partial charge in [-0.3, -0.25) is 14.5 Å². The summed E-state index contributed by atoms with van der Waals surface area (Å²) >= 11 is 0. The lowest BCUT2D eigenvalue weighted by molar-refractivity contribution is -0.139. The number of hydrogen-bond donors (Lipinski definition) is 0. The Kier molecular flexibility index (Phi) is 2.79. The van der Waals surface area contributed by atoms with Gasteiger partial charge in [-0.2, -0.15) is 0 Å². The van der Waals surface area contributed by atoms with Crippen molar-refractivity contribution in [2.45, 2.75) is 19.9 Å². The summed E-state index contributed by atoms with van der Waals surface area (Å²) in [6, 6.07) is 4.26. The summed E-state index contributed by atoms with van der Waals surface area (Å²) in [7, 11) is 0. The van der Waals surface area contributed by atoms with Crippen LogP contribution in [0.1, 0.15) is 24.1 Å². The van der Waals surface area contributed by atoms with Crippen molar-refractivity contribution in [3.05, 3.63) is 47.3 Å². The fraction of sp³-hybridized carbons (Fsp3) is 0.231. The number of hydrogen-bond acceptors (Lipinski definition) is 2. The smallest absolute Gasteiger partial charge is 0.254 e. The van der Waals surface area contributed by atoms with Crippen LogP contribution in [0.25, 0.3) is 0 Å². The van der Waals surface area contributed by atoms with Gasteiger partial charge in [-0.1, -0.05) is 12.1 Å². The molecule has 3 nitrogen and oxygen atoms in total. The molecule has 0 radical (unpaired) electrons. The molecule has 2 rings (SSSR count). The standard InChI is InChI=1S/C13H12FNO2/c1-8-3-4-10(7-11(8)14)9(2)15-12(16)5-6-13(15)17/h3-7,9H,1-2H3. The molecule has 1 aromatic rings. The molecule has 1 aromatic carbocycles. The monoisotopic (exact) mass is 233 g/mol. The molecule has 0 saturated heterocycles. The highest BCUT2D eigenvalue weighted by atomic mass is 19.1. The third-order valence-electron chi connectivity index (χ3n) is 2.91. The Hall–Kier alpha value is -1.97. The Balaban J connectivity index is 2.31. The van der Waals surface area contributed by atoms with Crippen LogP contribution >= 0.6 is 0 Å². The highest BCUT2D eigenvalue weighted by molar-refractivity contribution is 6.13. The predicted octanol–water partition coefficient (Wildman–Crippen LogP) is 2.12. The van der Waals surface area contributed by atoms with Crippen LogP contribution in [0.15, 0.2) is 30.4 Å². The average molecular weight is 233 g/mol. The summed E-state index contributed by atoms with van der Waals surface area (Å²) in [6.45, 7) is 3.37. The van der Waals surface area contributed by atoms with Crippen molar-refractivity contribution in [1.82, 2.24) is 4.90 Å². The van der Waals surface area contributed by atoms with Crippen LogP contribution in [0.5, 0.6) is 0 Å². The van der Waals surface area contributed by atoms with Gasteiger partial charge in [0.25, 0.3) is 11.8 Å². The van der Waals surface area contributed by atoms with E-state index in [2.05, 4.69) is 0 Å². The number of carbonyl (C=O) groups excluding carboxylic acids is 2. The van der Waals surface area contributed by atoms with Gasteiger partial charge in [-0.15, -0.1) is 0 Å². The second kappa shape index (κ2) is 4.13. The quantitative estimate of drug-likeness (QED) is 0.734. The van der Waals surface area contributed by atoms with Crippen molar-refractivity contribution >= 4 is 11.8 Å². The number of aryl methyl sites for hydroxylation is 1. The third-order valence-corrected chi connectivity index (χ3v) is 2.91. The molecule has 0 N–H and O–H groups in total. The topological polar surface area (TPSA) is 37.4 Å². The Labute approximate surface area is 98.5 Å². The van der Waals surface area contributed by atoms with Crippen LogP contribution in [0.3, 0.4) is 0 Å². The van der Waals surface area contributed by atoms with Gasteiger partial charge in [-0.05, 0) is 31.0 Å². The molecule has 1 unspecified atom stereocenters. The number of carbonyl (C=O) groups is 2. The molecule has 0 saturated carbocycles. The molecule has 1 atom stereocenters. The van der Waals surface area contributed by atoms with Crippen LogP contribution in [-0.4, -0.2) is 16.7 Å². The van der Waals surface area contributed by atoms with E-state index >= 15 is 0 Å². The summed E-state index contributed by atoms with van der Waals surface area (Å²) in [5.74, 6) is -1.05. The number of amides is 2. The molecule has 1 aliphatic heterocycles. The van der Waals surface area contributed by atoms with Crippen molar-refractivity contribution in [2.24, 2.45) is 0 Å². The second-order valence-corrected chi connectivity index (χ2v) is 4.06. The predicted molar refractivity (Wildman–Crippen MR) is 60.5 cm³/mol. The molecule has 0 aliphatic carbocycles. The van der Waals surface area contributed by atoms with Crippen molar-refractivity contribution in [3.63, 3.8) is 0 Å². The van der Waals surface area contributed by atoms with Crippen LogP contribution < -0.4 is 0 Å². The lowest BCUT2D eigenvalue weighted by atomic mass is 10.0. The van der Waals surface area contributed by atoms with E-state index in [9.17, 15) is 14.0 Å². The van der Waals surface area contributed by atoms with E-state index in [1.54, 1.807) is 26.0 Å². The SMILES string of the molecule is Cc1ccc(C(C)N2C(=O)C=CC2=O)cc1F. The number of rotatable bonds is 2. The summed E-state index contributed by atoms with van der Waals surface area (Å²) in [6.07, 6.45) is 2.45. The van der Waals surface area contributed by atoms with Crippen LogP contribution in [-0.2, 0) is 9.59 Å². The minimum atomic E-state index is -0.458. The fourth-order valence-corrected chi connectivity index (χ4v) is 1.81. The molecular formula is C13H12FNO2. The normalized spacial score (nSPS) is 16.8. The largest absolute Gasteiger partial charge is 0.269 e. The van der Waals surface area contributed by atoms with Crippen LogP contribution in [0.4, 0.5) is 4.39 Å². The number of imide groups is 1. The maximum Gasteiger partial charge on any atom is 0.254 e. The lowest BCUT2D eigenvalue weighted by Crippen LogP contribution is -2.32. The zero-order chi connectivity index (χ0) is 12.6. The van der Waals surface area contributed by atoms with Gasteiger partial charge in [0.05, 0.1) is 6.04 Å². The van der Waals surface area contributed by atoms with E-state index < -0.39 is 6.04 Å². The minimum Gasteiger partial charge on any atom is -0.269 e. The molecule has 88 valence electrons. The van der Waals surface area contributed by atoms with Crippen molar-refractivity contribution < 1.29 is 14.0 Å². The zero-order valence-corrected chi connectivity index (χ0v) is 9.61. The molecule has 1 heterocycles. The van der Waals surface area contributed by atoms with Gasteiger partial charge in [-0.25, -0.2) is 4.39 Å². The lowest BCUT2D eigenvalue weighted by Gasteiger charge is -2.22. The van der Waals surface area contributed by atoms with E-state index in [0.717, 1.165) is 4.90 Å². The van der Waals surface area contributed by atoms with Gasteiger partial charge in [0.2, 0.25) is 0 Å². The molecule has 2 amide bonds. The maximum atomic E-state index is 13.4. The molecule has 0 spiro atoms. The molecule has 17 heavy (non-hydrogen) atoms. The van der Waals surface area contributed by atoms with Gasteiger partial charge < -0.3 is 0 Å². The van der Waals surface area contributed by atoms with Crippen LogP contribution in [0.2, 0.25) is 0 Å². The Morgan fingerprint density at radius 3 is 2.29 bits per heavy atom. The fourth-order valence-electron chi connectivity index (χ4n) is 1.81. The van der Waals surface area contributed by atoms with E-state index in [4.69, 9.17) is 0 Å². The molecular weight excluding hydrogens is 221 g/mol. The van der Waals surface area contributed by atoms with Crippen molar-refractivity contribution in [1.29, 1.82) is 0 Å². The third kappa shape index (κ3) is 1.98. The summed E-state index contributed by atoms with van der Waals surface area (Å²) in [4.78, 5) is 24.1. The highest BCUT2D eigenvalue weighted by Crippen LogP contribution is 2.24. The number of benzene rings is 1. The van der Waals surface area contributed by atoms with Crippen molar-refractivity contribution in [3.8, 4) is 0 Å². The summed E-state index contributed by atoms with van der Waals surface area (Å²) in [5, 5.41) is 0. The zero-order valence-electron chi connectivity index (χ0n) is 9.61. The molecule has 4 heteroatoms. The first kappa shape index (κ1) is 11.5. The maximum absolute atomic E-state index is 13.4. The van der Waals surface area contributed by atoms with Gasteiger partial charge in [0.15, 0.2) is 0 Å². The molecule has 0 bridgehead atoms. The Morgan fingerprint density at radius 2 is 1.76 bits per heavy atom. The first-order chi connectivity index (χ1) is 8.00. The summed E-state index contributed by atoms with van der Waals surface area (Å²) < 4.78 is 13.4. The summed E-state index contributed by atoms with van der Waals surface area (Å²) in [5.41, 5.74) is 1.15. The molecule has 1 aliphatic rings. The highest BCUT2D eigenvalue weighted by Gasteiger charge is 2.29. The van der Waals surface area contributed by atoms with Crippen molar-refractivity contribution in [2.75, 3.05) is 0 Å². The van der Waals surface area contributed by atoms with E-state index in [1.165, 1.54) is 18.2 Å². The Bertz CT molecular complexity index is 504. The first-order valence-electron chi connectivity index (χ1n) is 5.32. The average Bonchev–Trinajstić information content (AvgIpc) is 2.62. The Morgan fingerprint density at radius 1 is 1.18 bits per heavy atom. The van der Waals surface area contributed by atoms with Gasteiger partial charge in [0.1, 0.15) is 5.82 Å². The van der Waals surface area contributed by atoms with Gasteiger partial charge >= 0.3 is 0 Å². The van der Waals surface area contributed by atoms with E-state index in [0.29, 0.717) is 11.1 Å².